The van der Waals surface area contributed by atoms with E-state index in [1.807, 2.05) is 20.8 Å². The van der Waals surface area contributed by atoms with Crippen LogP contribution in [0.25, 0.3) is 0 Å². The first kappa shape index (κ1) is 19.4. The number of aliphatic hydroxyl groups excluding tert-OH is 1. The third-order valence-corrected chi connectivity index (χ3v) is 5.89. The average molecular weight is 367 g/mol. The number of hydrogen-bond acceptors (Lipinski definition) is 5. The van der Waals surface area contributed by atoms with Gasteiger partial charge in [0, 0.05) is 18.6 Å². The summed E-state index contributed by atoms with van der Waals surface area (Å²) in [4.78, 5) is 26.3. The molecule has 2 saturated heterocycles. The summed E-state index contributed by atoms with van der Waals surface area (Å²) in [6.07, 6.45) is 4.54. The van der Waals surface area contributed by atoms with Crippen LogP contribution >= 0.6 is 0 Å². The molecule has 7 nitrogen and oxygen atoms in total. The molecule has 7 heteroatoms. The Morgan fingerprint density at radius 2 is 2.04 bits per heavy atom. The summed E-state index contributed by atoms with van der Waals surface area (Å²) in [7, 11) is 0. The molecule has 5 atom stereocenters. The van der Waals surface area contributed by atoms with Crippen LogP contribution in [0.3, 0.4) is 0 Å². The van der Waals surface area contributed by atoms with Crippen molar-refractivity contribution in [1.82, 2.24) is 15.5 Å². The van der Waals surface area contributed by atoms with E-state index in [0.717, 1.165) is 13.0 Å². The van der Waals surface area contributed by atoms with Crippen LogP contribution in [0.5, 0.6) is 0 Å². The van der Waals surface area contributed by atoms with Gasteiger partial charge < -0.3 is 20.5 Å². The van der Waals surface area contributed by atoms with Gasteiger partial charge in [-0.3, -0.25) is 9.69 Å². The zero-order valence-electron chi connectivity index (χ0n) is 16.2. The summed E-state index contributed by atoms with van der Waals surface area (Å²) in [5.74, 6) is 1.24. The van der Waals surface area contributed by atoms with Crippen molar-refractivity contribution in [1.29, 1.82) is 0 Å². The highest BCUT2D eigenvalue weighted by molar-refractivity contribution is 5.82. The van der Waals surface area contributed by atoms with Crippen molar-refractivity contribution >= 4 is 12.0 Å². The molecule has 0 radical (unpaired) electrons. The fourth-order valence-electron chi connectivity index (χ4n) is 4.60. The number of carbonyl (C=O) groups is 2. The van der Waals surface area contributed by atoms with Gasteiger partial charge in [-0.25, -0.2) is 4.79 Å². The lowest BCUT2D eigenvalue weighted by atomic mass is 9.72. The number of rotatable bonds is 4. The summed E-state index contributed by atoms with van der Waals surface area (Å²) >= 11 is 0. The number of β-amino-alcohol motifs (C(OH)–C–C–N with tert-alkyl or cyclic N) is 1. The number of alkyl carbamates (subject to hydrolysis) is 1. The number of hydrogen-bond donors (Lipinski definition) is 3. The fourth-order valence-corrected chi connectivity index (χ4v) is 4.60. The zero-order valence-corrected chi connectivity index (χ0v) is 16.2. The van der Waals surface area contributed by atoms with Crippen molar-refractivity contribution in [3.05, 3.63) is 0 Å². The summed E-state index contributed by atoms with van der Waals surface area (Å²) in [6.45, 7) is 7.36. The molecule has 2 amide bonds. The van der Waals surface area contributed by atoms with E-state index in [9.17, 15) is 14.7 Å². The predicted molar refractivity (Wildman–Crippen MR) is 97.6 cm³/mol. The first-order valence-corrected chi connectivity index (χ1v) is 9.90. The van der Waals surface area contributed by atoms with Gasteiger partial charge in [0.1, 0.15) is 6.61 Å². The van der Waals surface area contributed by atoms with Crippen molar-refractivity contribution < 1.29 is 19.4 Å². The Hall–Kier alpha value is -1.34. The van der Waals surface area contributed by atoms with Crippen LogP contribution in [0.4, 0.5) is 4.79 Å². The number of piperidine rings is 1. The van der Waals surface area contributed by atoms with E-state index in [1.54, 1.807) is 0 Å². The molecular weight excluding hydrogens is 334 g/mol. The van der Waals surface area contributed by atoms with Crippen LogP contribution in [-0.2, 0) is 9.53 Å². The van der Waals surface area contributed by atoms with Gasteiger partial charge in [0.2, 0.25) is 5.91 Å². The molecule has 0 aromatic carbocycles. The summed E-state index contributed by atoms with van der Waals surface area (Å²) in [5.41, 5.74) is -0.280. The Morgan fingerprint density at radius 1 is 1.35 bits per heavy atom. The lowest BCUT2D eigenvalue weighted by Gasteiger charge is -2.46. The topological polar surface area (TPSA) is 90.9 Å². The van der Waals surface area contributed by atoms with E-state index in [2.05, 4.69) is 15.5 Å². The van der Waals surface area contributed by atoms with Crippen molar-refractivity contribution in [3.8, 4) is 0 Å². The van der Waals surface area contributed by atoms with Crippen LogP contribution < -0.4 is 10.6 Å². The molecule has 3 fully saturated rings. The summed E-state index contributed by atoms with van der Waals surface area (Å²) < 4.78 is 4.89. The number of carbonyl (C=O) groups excluding carboxylic acids is 2. The van der Waals surface area contributed by atoms with E-state index in [1.165, 1.54) is 25.7 Å². The maximum atomic E-state index is 12.9. The molecule has 2 heterocycles. The molecule has 2 aliphatic heterocycles. The van der Waals surface area contributed by atoms with Gasteiger partial charge in [-0.15, -0.1) is 0 Å². The Balaban J connectivity index is 1.69. The maximum Gasteiger partial charge on any atom is 0.407 e. The van der Waals surface area contributed by atoms with Gasteiger partial charge in [-0.05, 0) is 45.4 Å². The number of aliphatic hydroxyl groups is 1. The number of cyclic esters (lactones) is 1. The van der Waals surface area contributed by atoms with E-state index in [-0.39, 0.29) is 24.1 Å². The van der Waals surface area contributed by atoms with Crippen LogP contribution in [0.1, 0.15) is 52.9 Å². The predicted octanol–water partition coefficient (Wildman–Crippen LogP) is 1.25. The molecule has 1 saturated carbocycles. The Bertz CT molecular complexity index is 533. The quantitative estimate of drug-likeness (QED) is 0.696. The minimum Gasteiger partial charge on any atom is -0.447 e. The highest BCUT2D eigenvalue weighted by atomic mass is 16.6. The number of ether oxygens (including phenoxy) is 1. The molecule has 0 spiro atoms. The lowest BCUT2D eigenvalue weighted by molar-refractivity contribution is -0.132. The highest BCUT2D eigenvalue weighted by Gasteiger charge is 2.42. The molecule has 3 aliphatic rings. The van der Waals surface area contributed by atoms with Crippen LogP contribution in [-0.4, -0.2) is 65.4 Å². The summed E-state index contributed by atoms with van der Waals surface area (Å²) in [6, 6.07) is -0.626. The number of likely N-dealkylation sites (tertiary alicyclic amines) is 1. The van der Waals surface area contributed by atoms with Gasteiger partial charge in [-0.1, -0.05) is 19.3 Å². The van der Waals surface area contributed by atoms with Crippen molar-refractivity contribution in [2.24, 2.45) is 11.8 Å². The molecule has 0 bridgehead atoms. The fraction of sp³-hybridized carbons (Fsp3) is 0.895. The second kappa shape index (κ2) is 7.72. The van der Waals surface area contributed by atoms with Gasteiger partial charge in [0.15, 0.2) is 0 Å². The number of amides is 2. The Kier molecular flexibility index (Phi) is 5.77. The second-order valence-electron chi connectivity index (χ2n) is 9.17. The summed E-state index contributed by atoms with van der Waals surface area (Å²) in [5, 5.41) is 16.3. The lowest BCUT2D eigenvalue weighted by Crippen LogP contribution is -2.59. The van der Waals surface area contributed by atoms with E-state index in [0.29, 0.717) is 18.4 Å². The van der Waals surface area contributed by atoms with Crippen molar-refractivity contribution in [2.75, 3.05) is 19.7 Å². The molecular formula is C19H33N3O4. The van der Waals surface area contributed by atoms with Gasteiger partial charge >= 0.3 is 6.09 Å². The smallest absolute Gasteiger partial charge is 0.407 e. The number of nitrogens with zero attached hydrogens (tertiary/aromatic N) is 1. The van der Waals surface area contributed by atoms with Crippen LogP contribution in [0.2, 0.25) is 0 Å². The van der Waals surface area contributed by atoms with Gasteiger partial charge in [0.25, 0.3) is 0 Å². The first-order valence-electron chi connectivity index (χ1n) is 9.90. The highest BCUT2D eigenvalue weighted by Crippen LogP contribution is 2.38. The van der Waals surface area contributed by atoms with Crippen molar-refractivity contribution in [2.45, 2.75) is 76.6 Å². The standard InChI is InChI=1S/C19H33N3O4/c1-19(2,3)21-17(24)15-8-12-6-4-5-7-13(12)9-22(15)10-16(23)14-11-26-18(25)20-14/h12-16,23H,4-11H2,1-3H3,(H,20,25)(H,21,24)/t12-,13+,14-,15-,16-/m0/s1. The molecule has 3 rings (SSSR count). The first-order chi connectivity index (χ1) is 12.2. The van der Waals surface area contributed by atoms with Crippen LogP contribution in [0, 0.1) is 11.8 Å². The SMILES string of the molecule is CC(C)(C)NC(=O)[C@@H]1C[C@@H]2CCCC[C@@H]2CN1C[C@H](O)[C@@H]1COC(=O)N1. The zero-order chi connectivity index (χ0) is 18.9. The van der Waals surface area contributed by atoms with E-state index >= 15 is 0 Å². The van der Waals surface area contributed by atoms with Gasteiger partial charge in [-0.2, -0.15) is 0 Å². The number of fused-ring (bicyclic) bond motifs is 1. The molecule has 148 valence electrons. The Morgan fingerprint density at radius 3 is 2.65 bits per heavy atom. The average Bonchev–Trinajstić information content (AvgIpc) is 2.99. The maximum absolute atomic E-state index is 12.9. The molecule has 1 aliphatic carbocycles. The van der Waals surface area contributed by atoms with Gasteiger partial charge in [0.05, 0.1) is 18.2 Å². The van der Waals surface area contributed by atoms with Crippen molar-refractivity contribution in [3.63, 3.8) is 0 Å². The Labute approximate surface area is 155 Å². The largest absolute Gasteiger partial charge is 0.447 e. The molecule has 0 aromatic heterocycles. The monoisotopic (exact) mass is 367 g/mol. The third-order valence-electron chi connectivity index (χ3n) is 5.89. The molecule has 0 aromatic rings. The normalized spacial score (nSPS) is 33.8. The minimum absolute atomic E-state index is 0.0421. The van der Waals surface area contributed by atoms with E-state index in [4.69, 9.17) is 4.74 Å². The minimum atomic E-state index is -0.744. The molecule has 0 unspecified atom stereocenters. The second-order valence-corrected chi connectivity index (χ2v) is 9.17. The molecule has 26 heavy (non-hydrogen) atoms. The number of nitrogens with one attached hydrogen (secondary N) is 2. The third kappa shape index (κ3) is 4.68. The van der Waals surface area contributed by atoms with E-state index < -0.39 is 18.2 Å². The molecule has 3 N–H and O–H groups in total. The van der Waals surface area contributed by atoms with Crippen LogP contribution in [0.15, 0.2) is 0 Å².